The van der Waals surface area contributed by atoms with Crippen molar-refractivity contribution in [2.45, 2.75) is 4.90 Å². The highest BCUT2D eigenvalue weighted by molar-refractivity contribution is 7.90. The van der Waals surface area contributed by atoms with Crippen LogP contribution in [0.2, 0.25) is 5.02 Å². The van der Waals surface area contributed by atoms with Gasteiger partial charge in [0.2, 0.25) is 0 Å². The molecule has 0 saturated heterocycles. The van der Waals surface area contributed by atoms with Crippen LogP contribution in [0.3, 0.4) is 0 Å². The Morgan fingerprint density at radius 2 is 1.85 bits per heavy atom. The van der Waals surface area contributed by atoms with Gasteiger partial charge in [0.05, 0.1) is 21.7 Å². The van der Waals surface area contributed by atoms with Gasteiger partial charge in [-0.3, -0.25) is 4.79 Å². The number of sulfone groups is 1. The van der Waals surface area contributed by atoms with Crippen LogP contribution in [-0.4, -0.2) is 33.2 Å². The second-order valence-corrected chi connectivity index (χ2v) is 7.67. The molecule has 2 rings (SSSR count). The molecule has 0 aliphatic rings. The zero-order chi connectivity index (χ0) is 19.3. The minimum atomic E-state index is -3.37. The molecule has 1 amide bonds. The number of nitrogens with one attached hydrogen (secondary N) is 1. The number of benzene rings is 2. The van der Waals surface area contributed by atoms with Crippen LogP contribution in [0, 0.1) is 11.3 Å². The van der Waals surface area contributed by atoms with Gasteiger partial charge in [-0.15, -0.1) is 0 Å². The number of nitrogens with zero attached hydrogens (tertiary/aromatic N) is 1. The molecule has 2 aromatic rings. The van der Waals surface area contributed by atoms with Crippen molar-refractivity contribution in [1.29, 1.82) is 5.26 Å². The largest absolute Gasteiger partial charge is 0.452 e. The first kappa shape index (κ1) is 19.4. The highest BCUT2D eigenvalue weighted by Crippen LogP contribution is 2.20. The first-order valence-electron chi connectivity index (χ1n) is 7.17. The fraction of sp³-hybridized carbons (Fsp3) is 0.118. The van der Waals surface area contributed by atoms with Gasteiger partial charge in [0, 0.05) is 11.3 Å². The zero-order valence-electron chi connectivity index (χ0n) is 13.5. The molecule has 134 valence electrons. The van der Waals surface area contributed by atoms with Crippen molar-refractivity contribution in [3.8, 4) is 6.07 Å². The normalized spacial score (nSPS) is 10.7. The molecule has 0 aliphatic carbocycles. The van der Waals surface area contributed by atoms with E-state index in [1.807, 2.05) is 6.07 Å². The molecule has 0 aliphatic heterocycles. The van der Waals surface area contributed by atoms with E-state index in [1.165, 1.54) is 42.5 Å². The van der Waals surface area contributed by atoms with Gasteiger partial charge in [-0.2, -0.15) is 5.26 Å². The lowest BCUT2D eigenvalue weighted by Crippen LogP contribution is -2.21. The van der Waals surface area contributed by atoms with Crippen molar-refractivity contribution in [1.82, 2.24) is 0 Å². The maximum absolute atomic E-state index is 11.9. The molecule has 26 heavy (non-hydrogen) atoms. The molecule has 7 nitrogen and oxygen atoms in total. The fourth-order valence-electron chi connectivity index (χ4n) is 1.96. The van der Waals surface area contributed by atoms with Crippen molar-refractivity contribution < 1.29 is 22.7 Å². The number of amides is 1. The van der Waals surface area contributed by atoms with Crippen LogP contribution in [0.25, 0.3) is 0 Å². The fourth-order valence-corrected chi connectivity index (χ4v) is 2.76. The first-order chi connectivity index (χ1) is 12.2. The third-order valence-electron chi connectivity index (χ3n) is 3.23. The molecule has 0 heterocycles. The van der Waals surface area contributed by atoms with Crippen LogP contribution >= 0.6 is 11.6 Å². The molecule has 0 radical (unpaired) electrons. The number of esters is 1. The number of rotatable bonds is 5. The second kappa shape index (κ2) is 7.99. The average molecular weight is 393 g/mol. The summed E-state index contributed by atoms with van der Waals surface area (Å²) in [7, 11) is -3.37. The second-order valence-electron chi connectivity index (χ2n) is 5.22. The minimum Gasteiger partial charge on any atom is -0.452 e. The van der Waals surface area contributed by atoms with Crippen LogP contribution in [0.1, 0.15) is 15.9 Å². The summed E-state index contributed by atoms with van der Waals surface area (Å²) < 4.78 is 27.6. The summed E-state index contributed by atoms with van der Waals surface area (Å²) in [5.74, 6) is -1.43. The van der Waals surface area contributed by atoms with E-state index in [0.29, 0.717) is 5.02 Å². The predicted molar refractivity (Wildman–Crippen MR) is 94.6 cm³/mol. The van der Waals surface area contributed by atoms with E-state index in [-0.39, 0.29) is 21.7 Å². The third-order valence-corrected chi connectivity index (χ3v) is 4.59. The van der Waals surface area contributed by atoms with E-state index in [1.54, 1.807) is 0 Å². The Morgan fingerprint density at radius 1 is 1.19 bits per heavy atom. The molecule has 0 bridgehead atoms. The lowest BCUT2D eigenvalue weighted by atomic mass is 10.2. The number of hydrogen-bond acceptors (Lipinski definition) is 6. The molecule has 0 spiro atoms. The topological polar surface area (TPSA) is 113 Å². The average Bonchev–Trinajstić information content (AvgIpc) is 2.59. The Kier molecular flexibility index (Phi) is 5.97. The van der Waals surface area contributed by atoms with E-state index in [9.17, 15) is 18.0 Å². The van der Waals surface area contributed by atoms with E-state index in [2.05, 4.69) is 5.32 Å². The van der Waals surface area contributed by atoms with Crippen LogP contribution in [-0.2, 0) is 19.4 Å². The Labute approximate surface area is 155 Å². The van der Waals surface area contributed by atoms with Crippen molar-refractivity contribution in [3.63, 3.8) is 0 Å². The molecule has 2 aromatic carbocycles. The predicted octanol–water partition coefficient (Wildman–Crippen LogP) is 2.41. The van der Waals surface area contributed by atoms with Crippen LogP contribution in [0.4, 0.5) is 5.69 Å². The Hall–Kier alpha value is -2.89. The standard InChI is InChI=1S/C17H13ClN2O5S/c1-26(23,24)14-6-3-11(4-7-14)17(22)25-10-16(21)20-15-8-13(18)5-2-12(15)9-19/h2-8H,10H2,1H3,(H,20,21). The van der Waals surface area contributed by atoms with Gasteiger partial charge < -0.3 is 10.1 Å². The molecule has 0 saturated carbocycles. The highest BCUT2D eigenvalue weighted by atomic mass is 35.5. The van der Waals surface area contributed by atoms with Crippen LogP contribution in [0.15, 0.2) is 47.4 Å². The Bertz CT molecular complexity index is 995. The summed E-state index contributed by atoms with van der Waals surface area (Å²) in [6.45, 7) is -0.579. The molecule has 0 fully saturated rings. The Morgan fingerprint density at radius 3 is 2.42 bits per heavy atom. The van der Waals surface area contributed by atoms with Gasteiger partial charge in [-0.1, -0.05) is 11.6 Å². The quantitative estimate of drug-likeness (QED) is 0.781. The maximum atomic E-state index is 11.9. The number of carbonyl (C=O) groups excluding carboxylic acids is 2. The summed E-state index contributed by atoms with van der Waals surface area (Å²) in [6, 6.07) is 11.4. The molecule has 0 unspecified atom stereocenters. The monoisotopic (exact) mass is 392 g/mol. The molecule has 1 N–H and O–H groups in total. The number of hydrogen-bond donors (Lipinski definition) is 1. The van der Waals surface area contributed by atoms with E-state index >= 15 is 0 Å². The van der Waals surface area contributed by atoms with E-state index in [0.717, 1.165) is 6.26 Å². The summed E-state index contributed by atoms with van der Waals surface area (Å²) in [5, 5.41) is 11.8. The van der Waals surface area contributed by atoms with E-state index in [4.69, 9.17) is 21.6 Å². The minimum absolute atomic E-state index is 0.0665. The number of nitriles is 1. The molecule has 0 atom stereocenters. The summed E-state index contributed by atoms with van der Waals surface area (Å²) in [6.07, 6.45) is 1.05. The zero-order valence-corrected chi connectivity index (χ0v) is 15.1. The van der Waals surface area contributed by atoms with Gasteiger partial charge in [-0.05, 0) is 42.5 Å². The van der Waals surface area contributed by atoms with Crippen molar-refractivity contribution in [3.05, 3.63) is 58.6 Å². The first-order valence-corrected chi connectivity index (χ1v) is 9.44. The Balaban J connectivity index is 1.98. The summed E-state index contributed by atoms with van der Waals surface area (Å²) in [5.41, 5.74) is 0.523. The van der Waals surface area contributed by atoms with Crippen molar-refractivity contribution in [2.75, 3.05) is 18.2 Å². The third kappa shape index (κ3) is 5.05. The van der Waals surface area contributed by atoms with Crippen LogP contribution < -0.4 is 5.32 Å². The molecular formula is C17H13ClN2O5S. The van der Waals surface area contributed by atoms with Gasteiger partial charge in [0.25, 0.3) is 5.91 Å². The lowest BCUT2D eigenvalue weighted by Gasteiger charge is -2.08. The highest BCUT2D eigenvalue weighted by Gasteiger charge is 2.14. The van der Waals surface area contributed by atoms with E-state index < -0.39 is 28.3 Å². The van der Waals surface area contributed by atoms with Gasteiger partial charge in [0.15, 0.2) is 16.4 Å². The molecule has 0 aromatic heterocycles. The number of anilines is 1. The number of halogens is 1. The summed E-state index contributed by atoms with van der Waals surface area (Å²) >= 11 is 5.82. The number of ether oxygens (including phenoxy) is 1. The smallest absolute Gasteiger partial charge is 0.338 e. The summed E-state index contributed by atoms with van der Waals surface area (Å²) in [4.78, 5) is 23.9. The molecular weight excluding hydrogens is 380 g/mol. The number of carbonyl (C=O) groups is 2. The van der Waals surface area contributed by atoms with Gasteiger partial charge in [0.1, 0.15) is 6.07 Å². The van der Waals surface area contributed by atoms with Crippen LogP contribution in [0.5, 0.6) is 0 Å². The SMILES string of the molecule is CS(=O)(=O)c1ccc(C(=O)OCC(=O)Nc2cc(Cl)ccc2C#N)cc1. The van der Waals surface area contributed by atoms with Gasteiger partial charge >= 0.3 is 5.97 Å². The van der Waals surface area contributed by atoms with Crippen molar-refractivity contribution >= 4 is 39.0 Å². The van der Waals surface area contributed by atoms with Crippen molar-refractivity contribution in [2.24, 2.45) is 0 Å². The van der Waals surface area contributed by atoms with Gasteiger partial charge in [-0.25, -0.2) is 13.2 Å². The maximum Gasteiger partial charge on any atom is 0.338 e. The lowest BCUT2D eigenvalue weighted by molar-refractivity contribution is -0.119. The molecule has 9 heteroatoms.